The minimum atomic E-state index is -0.0792. The van der Waals surface area contributed by atoms with Crippen molar-refractivity contribution in [3.63, 3.8) is 0 Å². The molecule has 0 amide bonds. The van der Waals surface area contributed by atoms with Crippen molar-refractivity contribution in [3.05, 3.63) is 53.0 Å². The van der Waals surface area contributed by atoms with Crippen molar-refractivity contribution in [2.45, 2.75) is 52.0 Å². The van der Waals surface area contributed by atoms with Crippen LogP contribution in [0, 0.1) is 13.8 Å². The van der Waals surface area contributed by atoms with E-state index in [9.17, 15) is 4.79 Å². The predicted octanol–water partition coefficient (Wildman–Crippen LogP) is 3.62. The average Bonchev–Trinajstić information content (AvgIpc) is 2.87. The number of carbonyl (C=O) groups is 1. The number of rotatable bonds is 2. The average molecular weight is 298 g/mol. The standard InChI is InChI=1S/C18H22N2O2/c1-13-12-16(14(2)22-13)18(21)20-11-7-6-10-17(20)19-15-8-4-3-5-9-15/h6-7,10-12,15H,3-5,8-9H2,1-2H3. The third-order valence-corrected chi connectivity index (χ3v) is 4.22. The minimum Gasteiger partial charge on any atom is -0.466 e. The highest BCUT2D eigenvalue weighted by Crippen LogP contribution is 2.20. The lowest BCUT2D eigenvalue weighted by atomic mass is 9.96. The summed E-state index contributed by atoms with van der Waals surface area (Å²) in [6.07, 6.45) is 7.78. The summed E-state index contributed by atoms with van der Waals surface area (Å²) in [6, 6.07) is 7.83. The Morgan fingerprint density at radius 1 is 1.23 bits per heavy atom. The van der Waals surface area contributed by atoms with E-state index < -0.39 is 0 Å². The van der Waals surface area contributed by atoms with Crippen LogP contribution in [0.1, 0.15) is 54.0 Å². The Morgan fingerprint density at radius 2 is 2.00 bits per heavy atom. The van der Waals surface area contributed by atoms with Gasteiger partial charge in [0, 0.05) is 6.20 Å². The van der Waals surface area contributed by atoms with Crippen LogP contribution < -0.4 is 5.49 Å². The molecule has 2 heterocycles. The molecule has 4 heteroatoms. The molecular formula is C18H22N2O2. The van der Waals surface area contributed by atoms with E-state index in [4.69, 9.17) is 9.41 Å². The van der Waals surface area contributed by atoms with Crippen LogP contribution >= 0.6 is 0 Å². The second kappa shape index (κ2) is 6.34. The third kappa shape index (κ3) is 3.06. The molecule has 0 aromatic carbocycles. The van der Waals surface area contributed by atoms with Crippen molar-refractivity contribution in [1.29, 1.82) is 0 Å². The maximum absolute atomic E-state index is 12.8. The highest BCUT2D eigenvalue weighted by molar-refractivity contribution is 5.96. The van der Waals surface area contributed by atoms with Crippen LogP contribution in [0.25, 0.3) is 0 Å². The largest absolute Gasteiger partial charge is 0.466 e. The Hall–Kier alpha value is -2.10. The second-order valence-electron chi connectivity index (χ2n) is 5.98. The summed E-state index contributed by atoms with van der Waals surface area (Å²) in [7, 11) is 0. The van der Waals surface area contributed by atoms with E-state index in [1.807, 2.05) is 32.0 Å². The zero-order valence-corrected chi connectivity index (χ0v) is 13.2. The van der Waals surface area contributed by atoms with Crippen molar-refractivity contribution < 1.29 is 9.21 Å². The summed E-state index contributed by atoms with van der Waals surface area (Å²) in [5.41, 5.74) is 1.34. The van der Waals surface area contributed by atoms with Crippen molar-refractivity contribution in [1.82, 2.24) is 4.57 Å². The van der Waals surface area contributed by atoms with Crippen molar-refractivity contribution in [2.24, 2.45) is 4.99 Å². The molecule has 1 aliphatic carbocycles. The quantitative estimate of drug-likeness (QED) is 0.850. The number of furan rings is 1. The Bertz CT molecular complexity index is 734. The van der Waals surface area contributed by atoms with Crippen molar-refractivity contribution >= 4 is 5.91 Å². The molecule has 1 aliphatic rings. The fraction of sp³-hybridized carbons (Fsp3) is 0.444. The van der Waals surface area contributed by atoms with E-state index in [-0.39, 0.29) is 5.91 Å². The van der Waals surface area contributed by atoms with Crippen molar-refractivity contribution in [3.8, 4) is 0 Å². The zero-order valence-electron chi connectivity index (χ0n) is 13.2. The fourth-order valence-corrected chi connectivity index (χ4v) is 3.08. The van der Waals surface area contributed by atoms with E-state index in [0.29, 0.717) is 17.4 Å². The van der Waals surface area contributed by atoms with E-state index in [2.05, 4.69) is 0 Å². The van der Waals surface area contributed by atoms with Gasteiger partial charge in [0.2, 0.25) is 0 Å². The second-order valence-corrected chi connectivity index (χ2v) is 5.98. The normalized spacial score (nSPS) is 16.9. The highest BCUT2D eigenvalue weighted by atomic mass is 16.3. The van der Waals surface area contributed by atoms with E-state index in [1.54, 1.807) is 16.8 Å². The smallest absolute Gasteiger partial charge is 0.267 e. The van der Waals surface area contributed by atoms with Gasteiger partial charge in [0.15, 0.2) is 0 Å². The predicted molar refractivity (Wildman–Crippen MR) is 84.8 cm³/mol. The molecule has 0 N–H and O–H groups in total. The number of hydrogen-bond acceptors (Lipinski definition) is 3. The summed E-state index contributed by atoms with van der Waals surface area (Å²) in [4.78, 5) is 17.6. The number of pyridine rings is 1. The van der Waals surface area contributed by atoms with Crippen LogP contribution in [0.4, 0.5) is 0 Å². The van der Waals surface area contributed by atoms with Gasteiger partial charge in [-0.05, 0) is 44.9 Å². The number of hydrogen-bond donors (Lipinski definition) is 0. The molecule has 2 aromatic heterocycles. The molecule has 0 radical (unpaired) electrons. The van der Waals surface area contributed by atoms with Gasteiger partial charge in [0.05, 0.1) is 11.6 Å². The molecule has 0 spiro atoms. The summed E-state index contributed by atoms with van der Waals surface area (Å²) in [5.74, 6) is 1.33. The first-order chi connectivity index (χ1) is 10.6. The van der Waals surface area contributed by atoms with Crippen LogP contribution in [-0.2, 0) is 0 Å². The van der Waals surface area contributed by atoms with Crippen molar-refractivity contribution in [2.75, 3.05) is 0 Å². The molecule has 2 aromatic rings. The highest BCUT2D eigenvalue weighted by Gasteiger charge is 2.17. The Kier molecular flexibility index (Phi) is 4.27. The molecule has 0 unspecified atom stereocenters. The van der Waals surface area contributed by atoms with Gasteiger partial charge >= 0.3 is 0 Å². The third-order valence-electron chi connectivity index (χ3n) is 4.22. The Labute approximate surface area is 130 Å². The lowest BCUT2D eigenvalue weighted by Crippen LogP contribution is -2.29. The van der Waals surface area contributed by atoms with E-state index >= 15 is 0 Å². The molecule has 1 fully saturated rings. The molecule has 1 saturated carbocycles. The number of aryl methyl sites for hydroxylation is 2. The Morgan fingerprint density at radius 3 is 2.68 bits per heavy atom. The SMILES string of the molecule is Cc1cc(C(=O)n2ccccc2=NC2CCCCC2)c(C)o1. The molecule has 4 nitrogen and oxygen atoms in total. The van der Waals surface area contributed by atoms with Crippen LogP contribution in [0.15, 0.2) is 39.9 Å². The molecule has 22 heavy (non-hydrogen) atoms. The van der Waals surface area contributed by atoms with Gasteiger partial charge in [-0.1, -0.05) is 25.3 Å². The van der Waals surface area contributed by atoms with Crippen LogP contribution in [-0.4, -0.2) is 16.5 Å². The monoisotopic (exact) mass is 298 g/mol. The maximum Gasteiger partial charge on any atom is 0.267 e. The van der Waals surface area contributed by atoms with Crippen LogP contribution in [0.5, 0.6) is 0 Å². The van der Waals surface area contributed by atoms with E-state index in [1.165, 1.54) is 19.3 Å². The molecule has 116 valence electrons. The van der Waals surface area contributed by atoms with Gasteiger partial charge in [-0.2, -0.15) is 0 Å². The topological polar surface area (TPSA) is 47.5 Å². The molecular weight excluding hydrogens is 276 g/mol. The summed E-state index contributed by atoms with van der Waals surface area (Å²) >= 11 is 0. The summed E-state index contributed by atoms with van der Waals surface area (Å²) in [5, 5.41) is 0. The lowest BCUT2D eigenvalue weighted by molar-refractivity contribution is 0.0953. The van der Waals surface area contributed by atoms with Crippen LogP contribution in [0.2, 0.25) is 0 Å². The fourth-order valence-electron chi connectivity index (χ4n) is 3.08. The lowest BCUT2D eigenvalue weighted by Gasteiger charge is -2.17. The van der Waals surface area contributed by atoms with Gasteiger partial charge in [-0.25, -0.2) is 0 Å². The zero-order chi connectivity index (χ0) is 15.5. The van der Waals surface area contributed by atoms with Gasteiger partial charge in [-0.15, -0.1) is 0 Å². The molecule has 0 bridgehead atoms. The minimum absolute atomic E-state index is 0.0792. The molecule has 3 rings (SSSR count). The van der Waals surface area contributed by atoms with Gasteiger partial charge in [0.25, 0.3) is 5.91 Å². The summed E-state index contributed by atoms with van der Waals surface area (Å²) in [6.45, 7) is 3.68. The first kappa shape index (κ1) is 14.8. The first-order valence-corrected chi connectivity index (χ1v) is 7.98. The van der Waals surface area contributed by atoms with E-state index in [0.717, 1.165) is 24.1 Å². The first-order valence-electron chi connectivity index (χ1n) is 7.98. The van der Waals surface area contributed by atoms with Gasteiger partial charge in [0.1, 0.15) is 17.0 Å². The summed E-state index contributed by atoms with van der Waals surface area (Å²) < 4.78 is 7.11. The maximum atomic E-state index is 12.8. The van der Waals surface area contributed by atoms with Gasteiger partial charge in [-0.3, -0.25) is 14.4 Å². The number of aromatic nitrogens is 1. The Balaban J connectivity index is 1.99. The molecule has 0 saturated heterocycles. The molecule has 0 atom stereocenters. The van der Waals surface area contributed by atoms with Crippen LogP contribution in [0.3, 0.4) is 0 Å². The van der Waals surface area contributed by atoms with Gasteiger partial charge < -0.3 is 4.42 Å². The number of nitrogens with zero attached hydrogens (tertiary/aromatic N) is 2. The molecule has 0 aliphatic heterocycles. The number of carbonyl (C=O) groups excluding carboxylic acids is 1.